The summed E-state index contributed by atoms with van der Waals surface area (Å²) >= 11 is 7.82. The predicted octanol–water partition coefficient (Wildman–Crippen LogP) is 3.24. The van der Waals surface area contributed by atoms with Gasteiger partial charge in [0.25, 0.3) is 0 Å². The lowest BCUT2D eigenvalue weighted by Crippen LogP contribution is -2.51. The molecule has 6 heteroatoms. The molecule has 1 aliphatic heterocycles. The molecule has 0 spiro atoms. The first-order chi connectivity index (χ1) is 11.8. The third-order valence-electron chi connectivity index (χ3n) is 5.18. The second-order valence-corrected chi connectivity index (χ2v) is 8.31. The molecule has 2 heterocycles. The van der Waals surface area contributed by atoms with Gasteiger partial charge in [-0.15, -0.1) is 11.3 Å². The summed E-state index contributed by atoms with van der Waals surface area (Å²) in [7, 11) is 0. The molecule has 2 aromatic rings. The van der Waals surface area contributed by atoms with E-state index in [2.05, 4.69) is 16.7 Å². The highest BCUT2D eigenvalue weighted by molar-refractivity contribution is 7.18. The normalized spacial score (nSPS) is 27.8. The molecule has 1 saturated carbocycles. The van der Waals surface area contributed by atoms with Crippen LogP contribution in [-0.2, 0) is 11.2 Å². The Morgan fingerprint density at radius 3 is 3.21 bits per heavy atom. The SMILES string of the molecule is Clc1ccc2sc(CCNC3CCCC3C3COCCN3)nc2c1. The Hall–Kier alpha value is -0.720. The van der Waals surface area contributed by atoms with E-state index in [4.69, 9.17) is 21.3 Å². The third-order valence-corrected chi connectivity index (χ3v) is 6.51. The fourth-order valence-corrected chi connectivity index (χ4v) is 5.12. The molecule has 3 atom stereocenters. The lowest BCUT2D eigenvalue weighted by atomic mass is 9.94. The molecule has 24 heavy (non-hydrogen) atoms. The molecule has 1 aliphatic carbocycles. The molecular formula is C18H24ClN3OS. The van der Waals surface area contributed by atoms with Crippen LogP contribution in [0.5, 0.6) is 0 Å². The highest BCUT2D eigenvalue weighted by Gasteiger charge is 2.34. The zero-order valence-electron chi connectivity index (χ0n) is 13.8. The summed E-state index contributed by atoms with van der Waals surface area (Å²) in [5.41, 5.74) is 1.02. The number of thiazole rings is 1. The zero-order valence-corrected chi connectivity index (χ0v) is 15.3. The van der Waals surface area contributed by atoms with Crippen LogP contribution >= 0.6 is 22.9 Å². The molecule has 2 N–H and O–H groups in total. The van der Waals surface area contributed by atoms with Gasteiger partial charge in [0.05, 0.1) is 28.4 Å². The van der Waals surface area contributed by atoms with Crippen LogP contribution < -0.4 is 10.6 Å². The van der Waals surface area contributed by atoms with Crippen LogP contribution in [0.1, 0.15) is 24.3 Å². The van der Waals surface area contributed by atoms with Crippen molar-refractivity contribution in [1.29, 1.82) is 0 Å². The number of halogens is 1. The molecule has 0 amide bonds. The summed E-state index contributed by atoms with van der Waals surface area (Å²) in [6.07, 6.45) is 4.88. The topological polar surface area (TPSA) is 46.2 Å². The standard InChI is InChI=1S/C18H24ClN3OS/c19-12-4-5-17-15(10-12)22-18(24-17)6-7-20-14-3-1-2-13(14)16-11-23-9-8-21-16/h4-5,10,13-14,16,20-21H,1-3,6-9,11H2. The molecule has 130 valence electrons. The van der Waals surface area contributed by atoms with Gasteiger partial charge in [-0.2, -0.15) is 0 Å². The van der Waals surface area contributed by atoms with Crippen LogP contribution in [0.3, 0.4) is 0 Å². The summed E-state index contributed by atoms with van der Waals surface area (Å²) in [4.78, 5) is 4.71. The average molecular weight is 366 g/mol. The predicted molar refractivity (Wildman–Crippen MR) is 100 cm³/mol. The van der Waals surface area contributed by atoms with Gasteiger partial charge < -0.3 is 15.4 Å². The Bertz CT molecular complexity index is 686. The maximum Gasteiger partial charge on any atom is 0.0951 e. The van der Waals surface area contributed by atoms with Crippen LogP contribution in [-0.4, -0.2) is 43.4 Å². The minimum atomic E-state index is 0.517. The Morgan fingerprint density at radius 2 is 2.33 bits per heavy atom. The highest BCUT2D eigenvalue weighted by Crippen LogP contribution is 2.30. The number of morpholine rings is 1. The van der Waals surface area contributed by atoms with Crippen LogP contribution in [0.4, 0.5) is 0 Å². The number of hydrogen-bond donors (Lipinski definition) is 2. The molecule has 2 fully saturated rings. The summed E-state index contributed by atoms with van der Waals surface area (Å²) in [6.45, 7) is 3.69. The number of nitrogens with one attached hydrogen (secondary N) is 2. The van der Waals surface area contributed by atoms with Gasteiger partial charge in [0.15, 0.2) is 0 Å². The maximum atomic E-state index is 6.04. The van der Waals surface area contributed by atoms with E-state index in [1.165, 1.54) is 29.0 Å². The van der Waals surface area contributed by atoms with E-state index < -0.39 is 0 Å². The lowest BCUT2D eigenvalue weighted by Gasteiger charge is -2.33. The van der Waals surface area contributed by atoms with E-state index in [0.29, 0.717) is 18.0 Å². The molecule has 1 aromatic carbocycles. The molecule has 4 rings (SSSR count). The third kappa shape index (κ3) is 3.75. The van der Waals surface area contributed by atoms with Crippen LogP contribution in [0.15, 0.2) is 18.2 Å². The Labute approximate surface area is 151 Å². The van der Waals surface area contributed by atoms with Gasteiger partial charge in [-0.3, -0.25) is 0 Å². The summed E-state index contributed by atoms with van der Waals surface area (Å²) in [6, 6.07) is 7.07. The Morgan fingerprint density at radius 1 is 1.38 bits per heavy atom. The van der Waals surface area contributed by atoms with E-state index >= 15 is 0 Å². The highest BCUT2D eigenvalue weighted by atomic mass is 35.5. The summed E-state index contributed by atoms with van der Waals surface area (Å²) < 4.78 is 6.87. The van der Waals surface area contributed by atoms with Crippen molar-refractivity contribution >= 4 is 33.2 Å². The van der Waals surface area contributed by atoms with Crippen molar-refractivity contribution in [2.75, 3.05) is 26.3 Å². The summed E-state index contributed by atoms with van der Waals surface area (Å²) in [5, 5.41) is 9.36. The fourth-order valence-electron chi connectivity index (χ4n) is 4.00. The van der Waals surface area contributed by atoms with Crippen molar-refractivity contribution in [3.63, 3.8) is 0 Å². The number of ether oxygens (including phenoxy) is 1. The van der Waals surface area contributed by atoms with E-state index in [1.807, 2.05) is 12.1 Å². The molecule has 4 nitrogen and oxygen atoms in total. The van der Waals surface area contributed by atoms with Crippen molar-refractivity contribution in [3.8, 4) is 0 Å². The Balaban J connectivity index is 1.32. The summed E-state index contributed by atoms with van der Waals surface area (Å²) in [5.74, 6) is 0.694. The van der Waals surface area contributed by atoms with E-state index in [-0.39, 0.29) is 0 Å². The van der Waals surface area contributed by atoms with Gasteiger partial charge in [-0.25, -0.2) is 4.98 Å². The second kappa shape index (κ2) is 7.67. The monoisotopic (exact) mass is 365 g/mol. The van der Waals surface area contributed by atoms with Crippen LogP contribution in [0.2, 0.25) is 5.02 Å². The van der Waals surface area contributed by atoms with Crippen LogP contribution in [0, 0.1) is 5.92 Å². The quantitative estimate of drug-likeness (QED) is 0.853. The number of benzene rings is 1. The largest absolute Gasteiger partial charge is 0.379 e. The zero-order chi connectivity index (χ0) is 16.4. The van der Waals surface area contributed by atoms with Crippen LogP contribution in [0.25, 0.3) is 10.2 Å². The second-order valence-electron chi connectivity index (χ2n) is 6.76. The Kier molecular flexibility index (Phi) is 5.34. The van der Waals surface area contributed by atoms with Crippen molar-refractivity contribution in [2.24, 2.45) is 5.92 Å². The van der Waals surface area contributed by atoms with E-state index in [0.717, 1.165) is 43.3 Å². The molecule has 1 aromatic heterocycles. The number of hydrogen-bond acceptors (Lipinski definition) is 5. The number of aromatic nitrogens is 1. The first-order valence-corrected chi connectivity index (χ1v) is 10.1. The first-order valence-electron chi connectivity index (χ1n) is 8.89. The molecule has 0 bridgehead atoms. The number of nitrogens with zero attached hydrogens (tertiary/aromatic N) is 1. The van der Waals surface area contributed by atoms with Gasteiger partial charge in [-0.05, 0) is 37.0 Å². The van der Waals surface area contributed by atoms with Gasteiger partial charge >= 0.3 is 0 Å². The molecule has 3 unspecified atom stereocenters. The van der Waals surface area contributed by atoms with E-state index in [9.17, 15) is 0 Å². The molecule has 1 saturated heterocycles. The van der Waals surface area contributed by atoms with Gasteiger partial charge in [0.1, 0.15) is 0 Å². The van der Waals surface area contributed by atoms with Gasteiger partial charge in [0.2, 0.25) is 0 Å². The van der Waals surface area contributed by atoms with Gasteiger partial charge in [0, 0.05) is 36.6 Å². The first kappa shape index (κ1) is 16.7. The average Bonchev–Trinajstić information content (AvgIpc) is 3.22. The molecule has 0 radical (unpaired) electrons. The van der Waals surface area contributed by atoms with E-state index in [1.54, 1.807) is 11.3 Å². The minimum absolute atomic E-state index is 0.517. The maximum absolute atomic E-state index is 6.04. The van der Waals surface area contributed by atoms with Crippen molar-refractivity contribution in [2.45, 2.75) is 37.8 Å². The molecular weight excluding hydrogens is 342 g/mol. The number of fused-ring (bicyclic) bond motifs is 1. The van der Waals surface area contributed by atoms with Crippen molar-refractivity contribution in [1.82, 2.24) is 15.6 Å². The van der Waals surface area contributed by atoms with Crippen molar-refractivity contribution < 1.29 is 4.74 Å². The van der Waals surface area contributed by atoms with Gasteiger partial charge in [-0.1, -0.05) is 18.0 Å². The number of rotatable bonds is 5. The fraction of sp³-hybridized carbons (Fsp3) is 0.611. The molecule has 2 aliphatic rings. The lowest BCUT2D eigenvalue weighted by molar-refractivity contribution is 0.0526. The minimum Gasteiger partial charge on any atom is -0.379 e. The van der Waals surface area contributed by atoms with Crippen molar-refractivity contribution in [3.05, 3.63) is 28.2 Å². The smallest absolute Gasteiger partial charge is 0.0951 e.